The van der Waals surface area contributed by atoms with Crippen LogP contribution in [0.5, 0.6) is 0 Å². The van der Waals surface area contributed by atoms with Gasteiger partial charge < -0.3 is 14.5 Å². The number of furan rings is 1. The van der Waals surface area contributed by atoms with E-state index in [4.69, 9.17) is 9.15 Å². The maximum Gasteiger partial charge on any atom is 0.375 e. The molecule has 0 unspecified atom stereocenters. The fourth-order valence-electron chi connectivity index (χ4n) is 2.49. The number of aryl methyl sites for hydroxylation is 1. The van der Waals surface area contributed by atoms with E-state index in [0.717, 1.165) is 9.86 Å². The van der Waals surface area contributed by atoms with Crippen LogP contribution in [-0.2, 0) is 9.53 Å². The van der Waals surface area contributed by atoms with Gasteiger partial charge in [0, 0.05) is 32.0 Å². The Balaban J connectivity index is 1.65. The number of rotatable bonds is 5. The van der Waals surface area contributed by atoms with Gasteiger partial charge in [0.05, 0.1) is 10.6 Å². The number of benzene rings is 2. The molecule has 28 heavy (non-hydrogen) atoms. The molecule has 2 aromatic carbocycles. The standard InChI is InChI=1S/C18H12Br2N2O6/c1-9-12-6-10(19)2-5-15(12)28-17(9)18(24)27-8-16(23)21-14-4-3-11(22(25)26)7-13(14)20/h2-7H,8H2,1H3,(H,21,23). The molecule has 0 aliphatic rings. The van der Waals surface area contributed by atoms with Crippen molar-refractivity contribution in [2.45, 2.75) is 6.92 Å². The van der Waals surface area contributed by atoms with Crippen molar-refractivity contribution >= 4 is 66.1 Å². The molecular weight excluding hydrogens is 500 g/mol. The second-order valence-corrected chi connectivity index (χ2v) is 7.51. The number of esters is 1. The molecule has 8 nitrogen and oxygen atoms in total. The number of hydrogen-bond acceptors (Lipinski definition) is 6. The third kappa shape index (κ3) is 4.23. The maximum atomic E-state index is 12.3. The third-order valence-electron chi connectivity index (χ3n) is 3.86. The molecule has 0 aliphatic heterocycles. The van der Waals surface area contributed by atoms with Gasteiger partial charge in [-0.2, -0.15) is 0 Å². The van der Waals surface area contributed by atoms with E-state index in [1.165, 1.54) is 18.2 Å². The van der Waals surface area contributed by atoms with Gasteiger partial charge in [-0.05, 0) is 47.1 Å². The van der Waals surface area contributed by atoms with Gasteiger partial charge in [-0.15, -0.1) is 0 Å². The minimum absolute atomic E-state index is 0.0254. The highest BCUT2D eigenvalue weighted by Gasteiger charge is 2.20. The minimum Gasteiger partial charge on any atom is -0.450 e. The summed E-state index contributed by atoms with van der Waals surface area (Å²) in [5, 5.41) is 14.0. The van der Waals surface area contributed by atoms with Gasteiger partial charge in [0.15, 0.2) is 6.61 Å². The lowest BCUT2D eigenvalue weighted by Crippen LogP contribution is -2.21. The van der Waals surface area contributed by atoms with Crippen molar-refractivity contribution in [1.82, 2.24) is 0 Å². The van der Waals surface area contributed by atoms with Crippen LogP contribution in [-0.4, -0.2) is 23.4 Å². The van der Waals surface area contributed by atoms with Crippen LogP contribution in [0, 0.1) is 17.0 Å². The summed E-state index contributed by atoms with van der Waals surface area (Å²) in [7, 11) is 0. The highest BCUT2D eigenvalue weighted by atomic mass is 79.9. The predicted molar refractivity (Wildman–Crippen MR) is 108 cm³/mol. The van der Waals surface area contributed by atoms with Crippen LogP contribution in [0.4, 0.5) is 11.4 Å². The first-order chi connectivity index (χ1) is 13.3. The summed E-state index contributed by atoms with van der Waals surface area (Å²) in [6.45, 7) is 1.19. The third-order valence-corrected chi connectivity index (χ3v) is 5.00. The normalized spacial score (nSPS) is 10.7. The molecule has 0 saturated heterocycles. The van der Waals surface area contributed by atoms with Gasteiger partial charge in [0.1, 0.15) is 5.58 Å². The summed E-state index contributed by atoms with van der Waals surface area (Å²) in [4.78, 5) is 34.5. The highest BCUT2D eigenvalue weighted by molar-refractivity contribution is 9.10. The molecule has 1 heterocycles. The molecule has 144 valence electrons. The van der Waals surface area contributed by atoms with Crippen LogP contribution in [0.25, 0.3) is 11.0 Å². The summed E-state index contributed by atoms with van der Waals surface area (Å²) in [6, 6.07) is 9.23. The first-order valence-electron chi connectivity index (χ1n) is 7.86. The number of amides is 1. The van der Waals surface area contributed by atoms with Crippen LogP contribution >= 0.6 is 31.9 Å². The molecule has 1 N–H and O–H groups in total. The first-order valence-corrected chi connectivity index (χ1v) is 9.44. The Kier molecular flexibility index (Phi) is 5.80. The fraction of sp³-hybridized carbons (Fsp3) is 0.111. The number of nitrogens with one attached hydrogen (secondary N) is 1. The summed E-state index contributed by atoms with van der Waals surface area (Å²) < 4.78 is 11.7. The summed E-state index contributed by atoms with van der Waals surface area (Å²) in [5.41, 5.74) is 1.34. The number of carbonyl (C=O) groups is 2. The van der Waals surface area contributed by atoms with Crippen LogP contribution < -0.4 is 5.32 Å². The van der Waals surface area contributed by atoms with Gasteiger partial charge in [-0.25, -0.2) is 4.79 Å². The van der Waals surface area contributed by atoms with Gasteiger partial charge in [0.25, 0.3) is 11.6 Å². The van der Waals surface area contributed by atoms with Crippen LogP contribution in [0.1, 0.15) is 16.1 Å². The lowest BCUT2D eigenvalue weighted by molar-refractivity contribution is -0.384. The molecule has 0 atom stereocenters. The van der Waals surface area contributed by atoms with E-state index in [2.05, 4.69) is 37.2 Å². The van der Waals surface area contributed by atoms with Crippen molar-refractivity contribution in [2.24, 2.45) is 0 Å². The van der Waals surface area contributed by atoms with Gasteiger partial charge in [-0.1, -0.05) is 15.9 Å². The molecule has 3 aromatic rings. The van der Waals surface area contributed by atoms with E-state index in [0.29, 0.717) is 21.3 Å². The van der Waals surface area contributed by atoms with Gasteiger partial charge in [0.2, 0.25) is 5.76 Å². The number of halogens is 2. The second kappa shape index (κ2) is 8.11. The Labute approximate surface area is 175 Å². The van der Waals surface area contributed by atoms with E-state index in [1.807, 2.05) is 6.07 Å². The van der Waals surface area contributed by atoms with E-state index >= 15 is 0 Å². The number of ether oxygens (including phenoxy) is 1. The smallest absolute Gasteiger partial charge is 0.375 e. The van der Waals surface area contributed by atoms with Gasteiger partial charge in [-0.3, -0.25) is 14.9 Å². The SMILES string of the molecule is Cc1c(C(=O)OCC(=O)Nc2ccc([N+](=O)[O-])cc2Br)oc2ccc(Br)cc12. The minimum atomic E-state index is -0.761. The molecule has 0 radical (unpaired) electrons. The summed E-state index contributed by atoms with van der Waals surface area (Å²) >= 11 is 6.51. The molecule has 1 amide bonds. The Hall–Kier alpha value is -2.72. The van der Waals surface area contributed by atoms with E-state index in [-0.39, 0.29) is 11.4 Å². The molecule has 1 aromatic heterocycles. The fourth-order valence-corrected chi connectivity index (χ4v) is 3.32. The highest BCUT2D eigenvalue weighted by Crippen LogP contribution is 2.29. The maximum absolute atomic E-state index is 12.3. The predicted octanol–water partition coefficient (Wildman–Crippen LogP) is 4.97. The van der Waals surface area contributed by atoms with Crippen molar-refractivity contribution in [1.29, 1.82) is 0 Å². The number of nitro benzene ring substituents is 1. The number of anilines is 1. The van der Waals surface area contributed by atoms with Crippen molar-refractivity contribution in [3.63, 3.8) is 0 Å². The van der Waals surface area contributed by atoms with E-state index in [1.54, 1.807) is 19.1 Å². The van der Waals surface area contributed by atoms with Crippen molar-refractivity contribution in [3.05, 3.63) is 66.8 Å². The van der Waals surface area contributed by atoms with E-state index < -0.39 is 23.4 Å². The molecule has 10 heteroatoms. The second-order valence-electron chi connectivity index (χ2n) is 5.74. The van der Waals surface area contributed by atoms with Crippen LogP contribution in [0.3, 0.4) is 0 Å². The average molecular weight is 512 g/mol. The van der Waals surface area contributed by atoms with Crippen LogP contribution in [0.15, 0.2) is 49.8 Å². The van der Waals surface area contributed by atoms with Crippen molar-refractivity contribution in [2.75, 3.05) is 11.9 Å². The largest absolute Gasteiger partial charge is 0.450 e. The number of non-ortho nitro benzene ring substituents is 1. The van der Waals surface area contributed by atoms with Crippen molar-refractivity contribution < 1.29 is 23.7 Å². The lowest BCUT2D eigenvalue weighted by atomic mass is 10.1. The average Bonchev–Trinajstić information content (AvgIpc) is 2.97. The number of nitro groups is 1. The monoisotopic (exact) mass is 510 g/mol. The number of fused-ring (bicyclic) bond motifs is 1. The zero-order chi connectivity index (χ0) is 20.4. The molecule has 0 aliphatic carbocycles. The Bertz CT molecular complexity index is 1110. The van der Waals surface area contributed by atoms with Crippen molar-refractivity contribution in [3.8, 4) is 0 Å². The number of nitrogens with zero attached hydrogens (tertiary/aromatic N) is 1. The quantitative estimate of drug-likeness (QED) is 0.294. The zero-order valence-electron chi connectivity index (χ0n) is 14.3. The number of hydrogen-bond donors (Lipinski definition) is 1. The van der Waals surface area contributed by atoms with Gasteiger partial charge >= 0.3 is 5.97 Å². The first kappa shape index (κ1) is 20.0. The lowest BCUT2D eigenvalue weighted by Gasteiger charge is -2.07. The van der Waals surface area contributed by atoms with Crippen LogP contribution in [0.2, 0.25) is 0 Å². The Morgan fingerprint density at radius 1 is 1.21 bits per heavy atom. The topological polar surface area (TPSA) is 112 Å². The summed E-state index contributed by atoms with van der Waals surface area (Å²) in [5.74, 6) is -1.33. The molecule has 0 fully saturated rings. The molecule has 0 bridgehead atoms. The molecular formula is C18H12Br2N2O6. The molecule has 0 spiro atoms. The zero-order valence-corrected chi connectivity index (χ0v) is 17.5. The Morgan fingerprint density at radius 3 is 2.64 bits per heavy atom. The molecule has 0 saturated carbocycles. The number of carbonyl (C=O) groups excluding carboxylic acids is 2. The Morgan fingerprint density at radius 2 is 1.96 bits per heavy atom. The summed E-state index contributed by atoms with van der Waals surface area (Å²) in [6.07, 6.45) is 0. The molecule has 3 rings (SSSR count). The van der Waals surface area contributed by atoms with E-state index in [9.17, 15) is 19.7 Å².